The van der Waals surface area contributed by atoms with Crippen LogP contribution in [-0.4, -0.2) is 36.5 Å². The van der Waals surface area contributed by atoms with Gasteiger partial charge >= 0.3 is 0 Å². The number of amides is 1. The minimum atomic E-state index is 0.256. The second-order valence-corrected chi connectivity index (χ2v) is 4.16. The van der Waals surface area contributed by atoms with Gasteiger partial charge in [-0.05, 0) is 25.7 Å². The zero-order valence-corrected chi connectivity index (χ0v) is 8.17. The molecule has 0 radical (unpaired) electrons. The first-order valence-electron chi connectivity index (χ1n) is 5.50. The second-order valence-electron chi connectivity index (χ2n) is 4.16. The predicted molar refractivity (Wildman–Crippen MR) is 50.2 cm³/mol. The summed E-state index contributed by atoms with van der Waals surface area (Å²) in [5.41, 5.74) is 0. The Labute approximate surface area is 79.5 Å². The molecule has 3 nitrogen and oxygen atoms in total. The summed E-state index contributed by atoms with van der Waals surface area (Å²) in [6.45, 7) is 3.15. The molecule has 2 aliphatic rings. The van der Waals surface area contributed by atoms with E-state index in [9.17, 15) is 4.79 Å². The maximum absolute atomic E-state index is 11.9. The van der Waals surface area contributed by atoms with Crippen LogP contribution in [0.2, 0.25) is 0 Å². The number of quaternary nitrogens is 1. The van der Waals surface area contributed by atoms with E-state index in [-0.39, 0.29) is 6.04 Å². The molecule has 13 heavy (non-hydrogen) atoms. The Morgan fingerprint density at radius 2 is 1.92 bits per heavy atom. The highest BCUT2D eigenvalue weighted by molar-refractivity contribution is 5.80. The summed E-state index contributed by atoms with van der Waals surface area (Å²) in [7, 11) is 0. The van der Waals surface area contributed by atoms with E-state index in [1.807, 2.05) is 4.90 Å². The van der Waals surface area contributed by atoms with Crippen molar-refractivity contribution in [3.05, 3.63) is 0 Å². The number of carbonyl (C=O) groups excluding carboxylic acids is 1. The van der Waals surface area contributed by atoms with Crippen LogP contribution in [0.4, 0.5) is 0 Å². The molecular weight excluding hydrogens is 164 g/mol. The van der Waals surface area contributed by atoms with Crippen LogP contribution in [0.5, 0.6) is 0 Å². The lowest BCUT2D eigenvalue weighted by Gasteiger charge is -2.24. The Balaban J connectivity index is 1.87. The Hall–Kier alpha value is -0.570. The minimum Gasteiger partial charge on any atom is -0.338 e. The third-order valence-corrected chi connectivity index (χ3v) is 3.16. The average molecular weight is 183 g/mol. The molecular formula is C10H19N2O+. The molecule has 0 aliphatic carbocycles. The van der Waals surface area contributed by atoms with Gasteiger partial charge in [0.05, 0.1) is 6.54 Å². The Bertz CT molecular complexity index is 181. The second kappa shape index (κ2) is 4.09. The predicted octanol–water partition coefficient (Wildman–Crippen LogP) is -0.275. The Morgan fingerprint density at radius 3 is 2.54 bits per heavy atom. The molecule has 0 aromatic heterocycles. The average Bonchev–Trinajstić information content (AvgIpc) is 2.71. The third kappa shape index (κ3) is 2.02. The van der Waals surface area contributed by atoms with Gasteiger partial charge in [0.1, 0.15) is 0 Å². The van der Waals surface area contributed by atoms with Crippen LogP contribution in [-0.2, 0) is 4.79 Å². The van der Waals surface area contributed by atoms with E-state index >= 15 is 0 Å². The topological polar surface area (TPSA) is 36.9 Å². The van der Waals surface area contributed by atoms with Crippen molar-refractivity contribution in [2.24, 2.45) is 0 Å². The number of nitrogens with zero attached hydrogens (tertiary/aromatic N) is 1. The van der Waals surface area contributed by atoms with E-state index in [2.05, 4.69) is 5.32 Å². The monoisotopic (exact) mass is 183 g/mol. The molecule has 0 aromatic rings. The van der Waals surface area contributed by atoms with Crippen LogP contribution in [0.15, 0.2) is 0 Å². The van der Waals surface area contributed by atoms with Crippen molar-refractivity contribution >= 4 is 5.91 Å². The van der Waals surface area contributed by atoms with Crippen LogP contribution < -0.4 is 5.32 Å². The fraction of sp³-hybridized carbons (Fsp3) is 0.900. The number of rotatable bonds is 1. The van der Waals surface area contributed by atoms with Gasteiger partial charge in [0.15, 0.2) is 6.04 Å². The summed E-state index contributed by atoms with van der Waals surface area (Å²) in [5.74, 6) is 0.400. The van der Waals surface area contributed by atoms with Crippen molar-refractivity contribution in [3.63, 3.8) is 0 Å². The van der Waals surface area contributed by atoms with Gasteiger partial charge in [0.2, 0.25) is 0 Å². The third-order valence-electron chi connectivity index (χ3n) is 3.16. The van der Waals surface area contributed by atoms with Gasteiger partial charge in [-0.2, -0.15) is 0 Å². The highest BCUT2D eigenvalue weighted by Gasteiger charge is 2.29. The zero-order chi connectivity index (χ0) is 9.10. The Morgan fingerprint density at radius 1 is 1.15 bits per heavy atom. The zero-order valence-electron chi connectivity index (χ0n) is 8.17. The molecule has 0 aromatic carbocycles. The lowest BCUT2D eigenvalue weighted by Crippen LogP contribution is -2.93. The quantitative estimate of drug-likeness (QED) is 0.596. The molecule has 1 atom stereocenters. The number of nitrogens with two attached hydrogens (primary N) is 1. The van der Waals surface area contributed by atoms with Gasteiger partial charge in [-0.25, -0.2) is 0 Å². The van der Waals surface area contributed by atoms with Crippen molar-refractivity contribution < 1.29 is 10.1 Å². The first-order chi connectivity index (χ1) is 6.38. The fourth-order valence-electron chi connectivity index (χ4n) is 2.34. The Kier molecular flexibility index (Phi) is 2.83. The highest BCUT2D eigenvalue weighted by atomic mass is 16.2. The summed E-state index contributed by atoms with van der Waals surface area (Å²) in [6, 6.07) is 0.256. The van der Waals surface area contributed by atoms with Crippen LogP contribution in [0.25, 0.3) is 0 Å². The van der Waals surface area contributed by atoms with E-state index in [0.717, 1.165) is 26.1 Å². The van der Waals surface area contributed by atoms with Crippen molar-refractivity contribution in [2.45, 2.75) is 38.1 Å². The van der Waals surface area contributed by atoms with E-state index < -0.39 is 0 Å². The molecule has 2 N–H and O–H groups in total. The van der Waals surface area contributed by atoms with Crippen molar-refractivity contribution in [2.75, 3.05) is 19.6 Å². The number of hydrogen-bond donors (Lipinski definition) is 1. The molecule has 2 saturated heterocycles. The van der Waals surface area contributed by atoms with Crippen molar-refractivity contribution in [1.29, 1.82) is 0 Å². The van der Waals surface area contributed by atoms with Gasteiger partial charge in [-0.15, -0.1) is 0 Å². The van der Waals surface area contributed by atoms with Gasteiger partial charge in [-0.1, -0.05) is 0 Å². The first kappa shape index (κ1) is 9.00. The number of carbonyl (C=O) groups is 1. The molecule has 2 heterocycles. The molecule has 0 spiro atoms. The van der Waals surface area contributed by atoms with E-state index in [4.69, 9.17) is 0 Å². The molecule has 74 valence electrons. The smallest absolute Gasteiger partial charge is 0.280 e. The summed E-state index contributed by atoms with van der Waals surface area (Å²) in [4.78, 5) is 13.9. The fourth-order valence-corrected chi connectivity index (χ4v) is 2.34. The molecule has 0 bridgehead atoms. The first-order valence-corrected chi connectivity index (χ1v) is 5.50. The standard InChI is InChI=1S/C10H18N2O/c13-10(12-7-3-4-8-12)9-5-1-2-6-11-9/h9,11H,1-8H2/p+1/t9-/m0/s1. The van der Waals surface area contributed by atoms with Crippen LogP contribution in [0.1, 0.15) is 32.1 Å². The number of hydrogen-bond acceptors (Lipinski definition) is 1. The largest absolute Gasteiger partial charge is 0.338 e. The molecule has 2 fully saturated rings. The minimum absolute atomic E-state index is 0.256. The lowest BCUT2D eigenvalue weighted by atomic mass is 10.0. The van der Waals surface area contributed by atoms with E-state index in [1.54, 1.807) is 0 Å². The van der Waals surface area contributed by atoms with Crippen LogP contribution >= 0.6 is 0 Å². The molecule has 1 amide bonds. The highest BCUT2D eigenvalue weighted by Crippen LogP contribution is 2.11. The van der Waals surface area contributed by atoms with Crippen LogP contribution in [0, 0.1) is 0 Å². The van der Waals surface area contributed by atoms with Gasteiger partial charge < -0.3 is 10.2 Å². The van der Waals surface area contributed by atoms with Crippen LogP contribution in [0.3, 0.4) is 0 Å². The van der Waals surface area contributed by atoms with E-state index in [0.29, 0.717) is 5.91 Å². The normalized spacial score (nSPS) is 29.2. The summed E-state index contributed by atoms with van der Waals surface area (Å²) in [6.07, 6.45) is 6.02. The summed E-state index contributed by atoms with van der Waals surface area (Å²) < 4.78 is 0. The summed E-state index contributed by atoms with van der Waals surface area (Å²) >= 11 is 0. The van der Waals surface area contributed by atoms with Gasteiger partial charge in [-0.3, -0.25) is 4.79 Å². The lowest BCUT2D eigenvalue weighted by molar-refractivity contribution is -0.685. The number of likely N-dealkylation sites (tertiary alicyclic amines) is 1. The molecule has 0 saturated carbocycles. The van der Waals surface area contributed by atoms with E-state index in [1.165, 1.54) is 25.7 Å². The van der Waals surface area contributed by atoms with Gasteiger partial charge in [0, 0.05) is 19.5 Å². The van der Waals surface area contributed by atoms with Crippen molar-refractivity contribution in [1.82, 2.24) is 4.90 Å². The SMILES string of the molecule is O=C([C@@H]1CCCC[NH2+]1)N1CCCC1. The molecule has 2 rings (SSSR count). The number of piperidine rings is 1. The molecule has 0 unspecified atom stereocenters. The van der Waals surface area contributed by atoms with Gasteiger partial charge in [0.25, 0.3) is 5.91 Å². The maximum atomic E-state index is 11.9. The van der Waals surface area contributed by atoms with Crippen molar-refractivity contribution in [3.8, 4) is 0 Å². The molecule has 2 aliphatic heterocycles. The summed E-state index contributed by atoms with van der Waals surface area (Å²) in [5, 5.41) is 2.23. The maximum Gasteiger partial charge on any atom is 0.280 e. The molecule has 3 heteroatoms.